The van der Waals surface area contributed by atoms with Crippen LogP contribution in [-0.2, 0) is 6.42 Å². The zero-order chi connectivity index (χ0) is 11.7. The number of piperidine rings is 1. The molecule has 0 amide bonds. The van der Waals surface area contributed by atoms with Crippen LogP contribution < -0.4 is 14.8 Å². The van der Waals surface area contributed by atoms with Crippen LogP contribution in [0.3, 0.4) is 0 Å². The molecule has 2 aliphatic heterocycles. The molecule has 2 heterocycles. The molecule has 1 aromatic carbocycles. The average Bonchev–Trinajstić information content (AvgIpc) is 2.83. The molecule has 1 fully saturated rings. The minimum atomic E-state index is 0.336. The molecule has 4 heteroatoms. The first kappa shape index (κ1) is 11.4. The Morgan fingerprint density at radius 2 is 2.29 bits per heavy atom. The lowest BCUT2D eigenvalue weighted by Gasteiger charge is -2.23. The smallest absolute Gasteiger partial charge is 0.231 e. The normalized spacial score (nSPS) is 22.8. The van der Waals surface area contributed by atoms with Gasteiger partial charge in [0.05, 0.1) is 4.47 Å². The number of rotatable bonds is 2. The fourth-order valence-electron chi connectivity index (χ4n) is 2.55. The van der Waals surface area contributed by atoms with Gasteiger partial charge in [-0.3, -0.25) is 0 Å². The van der Waals surface area contributed by atoms with Gasteiger partial charge >= 0.3 is 0 Å². The van der Waals surface area contributed by atoms with Gasteiger partial charge in [0.25, 0.3) is 0 Å². The van der Waals surface area contributed by atoms with Gasteiger partial charge in [-0.1, -0.05) is 6.07 Å². The average molecular weight is 298 g/mol. The van der Waals surface area contributed by atoms with Gasteiger partial charge in [-0.05, 0) is 65.8 Å². The van der Waals surface area contributed by atoms with Crippen molar-refractivity contribution in [3.05, 3.63) is 22.2 Å². The molecule has 0 bridgehead atoms. The quantitative estimate of drug-likeness (QED) is 0.910. The number of nitrogens with one attached hydrogen (secondary N) is 1. The molecule has 1 N–H and O–H groups in total. The van der Waals surface area contributed by atoms with Crippen LogP contribution in [0.15, 0.2) is 16.6 Å². The summed E-state index contributed by atoms with van der Waals surface area (Å²) in [6.45, 7) is 2.63. The van der Waals surface area contributed by atoms with Crippen molar-refractivity contribution in [2.45, 2.75) is 19.3 Å². The summed E-state index contributed by atoms with van der Waals surface area (Å²) in [6, 6.07) is 4.16. The van der Waals surface area contributed by atoms with Crippen molar-refractivity contribution in [3.63, 3.8) is 0 Å². The first-order valence-corrected chi connectivity index (χ1v) is 6.91. The second-order valence-corrected chi connectivity index (χ2v) is 5.48. The molecule has 0 aromatic heterocycles. The topological polar surface area (TPSA) is 30.5 Å². The van der Waals surface area contributed by atoms with Crippen molar-refractivity contribution >= 4 is 15.9 Å². The molecule has 0 radical (unpaired) electrons. The van der Waals surface area contributed by atoms with Gasteiger partial charge in [0.2, 0.25) is 6.79 Å². The maximum absolute atomic E-state index is 5.47. The van der Waals surface area contributed by atoms with Crippen molar-refractivity contribution < 1.29 is 9.47 Å². The fourth-order valence-corrected chi connectivity index (χ4v) is 3.15. The lowest BCUT2D eigenvalue weighted by Crippen LogP contribution is -2.30. The molecule has 0 aliphatic carbocycles. The highest BCUT2D eigenvalue weighted by atomic mass is 79.9. The van der Waals surface area contributed by atoms with Crippen molar-refractivity contribution in [3.8, 4) is 11.5 Å². The lowest BCUT2D eigenvalue weighted by molar-refractivity contribution is 0.173. The summed E-state index contributed by atoms with van der Waals surface area (Å²) >= 11 is 3.63. The van der Waals surface area contributed by atoms with Gasteiger partial charge in [0.1, 0.15) is 0 Å². The van der Waals surface area contributed by atoms with E-state index in [-0.39, 0.29) is 0 Å². The van der Waals surface area contributed by atoms with Crippen molar-refractivity contribution in [2.75, 3.05) is 19.9 Å². The summed E-state index contributed by atoms with van der Waals surface area (Å²) in [7, 11) is 0. The van der Waals surface area contributed by atoms with E-state index in [1.807, 2.05) is 6.07 Å². The van der Waals surface area contributed by atoms with Crippen LogP contribution in [0.2, 0.25) is 0 Å². The van der Waals surface area contributed by atoms with Crippen LogP contribution >= 0.6 is 15.9 Å². The van der Waals surface area contributed by atoms with Gasteiger partial charge in [-0.2, -0.15) is 0 Å². The Morgan fingerprint density at radius 1 is 1.35 bits per heavy atom. The third-order valence-electron chi connectivity index (χ3n) is 3.47. The minimum Gasteiger partial charge on any atom is -0.454 e. The predicted octanol–water partition coefficient (Wildman–Crippen LogP) is 2.72. The van der Waals surface area contributed by atoms with Crippen LogP contribution in [0.5, 0.6) is 11.5 Å². The summed E-state index contributed by atoms with van der Waals surface area (Å²) in [5.41, 5.74) is 1.32. The largest absolute Gasteiger partial charge is 0.454 e. The highest BCUT2D eigenvalue weighted by molar-refractivity contribution is 9.10. The number of hydrogen-bond acceptors (Lipinski definition) is 3. The SMILES string of the molecule is Brc1c(CC2CCCNC2)ccc2c1OCO2. The molecule has 0 saturated carbocycles. The zero-order valence-corrected chi connectivity index (χ0v) is 11.3. The molecule has 1 atom stereocenters. The summed E-state index contributed by atoms with van der Waals surface area (Å²) in [6.07, 6.45) is 3.70. The van der Waals surface area contributed by atoms with Gasteiger partial charge in [-0.15, -0.1) is 0 Å². The van der Waals surface area contributed by atoms with Crippen LogP contribution in [0, 0.1) is 5.92 Å². The molecule has 1 unspecified atom stereocenters. The molecule has 2 aliphatic rings. The zero-order valence-electron chi connectivity index (χ0n) is 9.67. The Bertz CT molecular complexity index is 416. The van der Waals surface area contributed by atoms with Crippen molar-refractivity contribution in [1.82, 2.24) is 5.32 Å². The van der Waals surface area contributed by atoms with E-state index < -0.39 is 0 Å². The van der Waals surface area contributed by atoms with Crippen molar-refractivity contribution in [1.29, 1.82) is 0 Å². The van der Waals surface area contributed by atoms with Crippen LogP contribution in [0.4, 0.5) is 0 Å². The highest BCUT2D eigenvalue weighted by Crippen LogP contribution is 2.41. The maximum Gasteiger partial charge on any atom is 0.231 e. The molecule has 1 saturated heterocycles. The van der Waals surface area contributed by atoms with Gasteiger partial charge in [0, 0.05) is 0 Å². The Balaban J connectivity index is 1.78. The molecular weight excluding hydrogens is 282 g/mol. The van der Waals surface area contributed by atoms with E-state index in [0.29, 0.717) is 6.79 Å². The van der Waals surface area contributed by atoms with E-state index in [0.717, 1.165) is 34.9 Å². The fraction of sp³-hybridized carbons (Fsp3) is 0.538. The van der Waals surface area contributed by atoms with Gasteiger partial charge in [-0.25, -0.2) is 0 Å². The Morgan fingerprint density at radius 3 is 3.12 bits per heavy atom. The molecule has 3 rings (SSSR count). The highest BCUT2D eigenvalue weighted by Gasteiger charge is 2.21. The van der Waals surface area contributed by atoms with E-state index in [1.54, 1.807) is 0 Å². The van der Waals surface area contributed by atoms with Gasteiger partial charge in [0.15, 0.2) is 11.5 Å². The van der Waals surface area contributed by atoms with Crippen molar-refractivity contribution in [2.24, 2.45) is 5.92 Å². The van der Waals surface area contributed by atoms with Crippen LogP contribution in [-0.4, -0.2) is 19.9 Å². The number of hydrogen-bond donors (Lipinski definition) is 1. The molecule has 17 heavy (non-hydrogen) atoms. The monoisotopic (exact) mass is 297 g/mol. The number of ether oxygens (including phenoxy) is 2. The first-order chi connectivity index (χ1) is 8.34. The second kappa shape index (κ2) is 4.86. The Hall–Kier alpha value is -0.740. The van der Waals surface area contributed by atoms with E-state index in [9.17, 15) is 0 Å². The van der Waals surface area contributed by atoms with E-state index in [2.05, 4.69) is 27.3 Å². The molecular formula is C13H16BrNO2. The summed E-state index contributed by atoms with van der Waals surface area (Å²) < 4.78 is 11.9. The lowest BCUT2D eigenvalue weighted by atomic mass is 9.92. The summed E-state index contributed by atoms with van der Waals surface area (Å²) in [5, 5.41) is 3.46. The number of fused-ring (bicyclic) bond motifs is 1. The maximum atomic E-state index is 5.47. The summed E-state index contributed by atoms with van der Waals surface area (Å²) in [5.74, 6) is 2.45. The summed E-state index contributed by atoms with van der Waals surface area (Å²) in [4.78, 5) is 0. The van der Waals surface area contributed by atoms with E-state index in [4.69, 9.17) is 9.47 Å². The third kappa shape index (κ3) is 2.29. The van der Waals surface area contributed by atoms with Crippen LogP contribution in [0.1, 0.15) is 18.4 Å². The first-order valence-electron chi connectivity index (χ1n) is 6.12. The Kier molecular flexibility index (Phi) is 3.25. The molecule has 0 spiro atoms. The van der Waals surface area contributed by atoms with E-state index >= 15 is 0 Å². The molecule has 3 nitrogen and oxygen atoms in total. The number of benzene rings is 1. The third-order valence-corrected chi connectivity index (χ3v) is 4.34. The predicted molar refractivity (Wildman–Crippen MR) is 69.6 cm³/mol. The second-order valence-electron chi connectivity index (χ2n) is 4.69. The number of halogens is 1. The van der Waals surface area contributed by atoms with Crippen LogP contribution in [0.25, 0.3) is 0 Å². The Labute approximate surface area is 110 Å². The molecule has 92 valence electrons. The van der Waals surface area contributed by atoms with E-state index in [1.165, 1.54) is 24.9 Å². The standard InChI is InChI=1S/C13H16BrNO2/c14-12-10(6-9-2-1-5-15-7-9)3-4-11-13(12)17-8-16-11/h3-4,9,15H,1-2,5-8H2. The molecule has 1 aromatic rings. The van der Waals surface area contributed by atoms with Gasteiger partial charge < -0.3 is 14.8 Å². The minimum absolute atomic E-state index is 0.336.